The van der Waals surface area contributed by atoms with Crippen molar-refractivity contribution in [1.29, 1.82) is 0 Å². The highest BCUT2D eigenvalue weighted by molar-refractivity contribution is 7.93. The molecule has 0 aromatic heterocycles. The van der Waals surface area contributed by atoms with Gasteiger partial charge in [0.1, 0.15) is 11.5 Å². The van der Waals surface area contributed by atoms with Crippen LogP contribution in [-0.4, -0.2) is 13.4 Å². The number of benzene rings is 2. The predicted molar refractivity (Wildman–Crippen MR) is 84.8 cm³/mol. The minimum Gasteiger partial charge on any atom is -0.457 e. The van der Waals surface area contributed by atoms with E-state index in [1.165, 1.54) is 12.0 Å². The van der Waals surface area contributed by atoms with Crippen LogP contribution in [0.3, 0.4) is 0 Å². The molecule has 0 fully saturated rings. The van der Waals surface area contributed by atoms with E-state index in [1.54, 1.807) is 7.11 Å². The molecular weight excluding hydrogens is 256 g/mol. The van der Waals surface area contributed by atoms with E-state index in [0.29, 0.717) is 0 Å². The van der Waals surface area contributed by atoms with Crippen LogP contribution in [-0.2, 0) is 4.18 Å². The predicted octanol–water partition coefficient (Wildman–Crippen LogP) is 5.42. The summed E-state index contributed by atoms with van der Waals surface area (Å²) in [5, 5.41) is 0. The Labute approximate surface area is 121 Å². The second-order valence-electron chi connectivity index (χ2n) is 3.06. The Kier molecular flexibility index (Phi) is 12.0. The third-order valence-electron chi connectivity index (χ3n) is 1.89. The van der Waals surface area contributed by atoms with Crippen LogP contribution in [0.1, 0.15) is 13.8 Å². The van der Waals surface area contributed by atoms with Gasteiger partial charge in [-0.2, -0.15) is 0 Å². The summed E-state index contributed by atoms with van der Waals surface area (Å²) in [7, 11) is 1.64. The van der Waals surface area contributed by atoms with Gasteiger partial charge in [-0.25, -0.2) is 0 Å². The highest BCUT2D eigenvalue weighted by Crippen LogP contribution is 2.19. The standard InChI is InChI=1S/C12H10O.C2H6OS.C2H6/c1-3-7-11(8-4-1)13-12-9-5-2-6-10-12;1-3-4-2;1-2/h1-10H;1-2H3;1-2H3. The first-order chi connectivity index (χ1) is 9.36. The van der Waals surface area contributed by atoms with Gasteiger partial charge in [0.15, 0.2) is 0 Å². The number of hydrogen-bond acceptors (Lipinski definition) is 3. The third kappa shape index (κ3) is 9.17. The van der Waals surface area contributed by atoms with Gasteiger partial charge in [0.25, 0.3) is 0 Å². The van der Waals surface area contributed by atoms with Crippen LogP contribution in [0.5, 0.6) is 11.5 Å². The molecule has 0 aliphatic carbocycles. The molecule has 104 valence electrons. The fourth-order valence-electron chi connectivity index (χ4n) is 1.11. The Morgan fingerprint density at radius 2 is 1.05 bits per heavy atom. The molecule has 0 atom stereocenters. The molecule has 2 nitrogen and oxygen atoms in total. The molecule has 0 N–H and O–H groups in total. The Balaban J connectivity index is 0.000000467. The van der Waals surface area contributed by atoms with Crippen molar-refractivity contribution in [2.45, 2.75) is 13.8 Å². The maximum absolute atomic E-state index is 5.58. The van der Waals surface area contributed by atoms with Gasteiger partial charge in [0, 0.05) is 6.26 Å². The first-order valence-corrected chi connectivity index (χ1v) is 7.36. The molecule has 0 saturated carbocycles. The molecule has 3 heteroatoms. The van der Waals surface area contributed by atoms with E-state index in [4.69, 9.17) is 4.74 Å². The van der Waals surface area contributed by atoms with Crippen molar-refractivity contribution < 1.29 is 8.92 Å². The smallest absolute Gasteiger partial charge is 0.127 e. The number of para-hydroxylation sites is 2. The Hall–Kier alpha value is -1.45. The Morgan fingerprint density at radius 1 is 0.737 bits per heavy atom. The largest absolute Gasteiger partial charge is 0.457 e. The molecular formula is C16H22O2S. The Bertz CT molecular complexity index is 351. The van der Waals surface area contributed by atoms with Crippen molar-refractivity contribution in [2.75, 3.05) is 13.4 Å². The number of hydrogen-bond donors (Lipinski definition) is 0. The van der Waals surface area contributed by atoms with Gasteiger partial charge >= 0.3 is 0 Å². The quantitative estimate of drug-likeness (QED) is 0.699. The lowest BCUT2D eigenvalue weighted by atomic mass is 10.3. The zero-order valence-corrected chi connectivity index (χ0v) is 12.8. The summed E-state index contributed by atoms with van der Waals surface area (Å²) >= 11 is 1.36. The lowest BCUT2D eigenvalue weighted by molar-refractivity contribution is 0.482. The lowest BCUT2D eigenvalue weighted by Gasteiger charge is -2.03. The van der Waals surface area contributed by atoms with Gasteiger partial charge in [0.05, 0.1) is 7.11 Å². The van der Waals surface area contributed by atoms with Crippen LogP contribution >= 0.6 is 12.0 Å². The van der Waals surface area contributed by atoms with Gasteiger partial charge in [-0.3, -0.25) is 0 Å². The summed E-state index contributed by atoms with van der Waals surface area (Å²) in [4.78, 5) is 0. The van der Waals surface area contributed by atoms with Gasteiger partial charge in [0.2, 0.25) is 0 Å². The van der Waals surface area contributed by atoms with Crippen LogP contribution in [0, 0.1) is 0 Å². The minimum atomic E-state index is 0.869. The zero-order chi connectivity index (χ0) is 14.3. The SMILES string of the molecule is CC.COSC.c1ccc(Oc2ccccc2)cc1. The lowest BCUT2D eigenvalue weighted by Crippen LogP contribution is -1.81. The monoisotopic (exact) mass is 278 g/mol. The normalized spacial score (nSPS) is 8.42. The molecule has 0 bridgehead atoms. The summed E-state index contributed by atoms with van der Waals surface area (Å²) in [6.07, 6.45) is 1.88. The summed E-state index contributed by atoms with van der Waals surface area (Å²) in [5.41, 5.74) is 0. The van der Waals surface area contributed by atoms with Crippen LogP contribution in [0.2, 0.25) is 0 Å². The summed E-state index contributed by atoms with van der Waals surface area (Å²) in [6, 6.07) is 19.5. The van der Waals surface area contributed by atoms with Crippen LogP contribution in [0.15, 0.2) is 60.7 Å². The fraction of sp³-hybridized carbons (Fsp3) is 0.250. The number of rotatable bonds is 3. The molecule has 0 spiro atoms. The molecule has 2 aromatic carbocycles. The molecule has 0 aliphatic rings. The molecule has 2 rings (SSSR count). The maximum Gasteiger partial charge on any atom is 0.127 e. The van der Waals surface area contributed by atoms with Crippen molar-refractivity contribution in [3.63, 3.8) is 0 Å². The average molecular weight is 278 g/mol. The molecule has 0 saturated heterocycles. The molecule has 0 heterocycles. The average Bonchev–Trinajstić information content (AvgIpc) is 2.52. The zero-order valence-electron chi connectivity index (χ0n) is 12.0. The first kappa shape index (κ1) is 17.6. The third-order valence-corrected chi connectivity index (χ3v) is 2.22. The van der Waals surface area contributed by atoms with Crippen molar-refractivity contribution in [3.8, 4) is 11.5 Å². The van der Waals surface area contributed by atoms with E-state index in [2.05, 4.69) is 4.18 Å². The number of ether oxygens (including phenoxy) is 1. The molecule has 0 amide bonds. The van der Waals surface area contributed by atoms with E-state index in [9.17, 15) is 0 Å². The highest BCUT2D eigenvalue weighted by Gasteiger charge is 1.92. The van der Waals surface area contributed by atoms with E-state index >= 15 is 0 Å². The minimum absolute atomic E-state index is 0.869. The van der Waals surface area contributed by atoms with Gasteiger partial charge in [-0.1, -0.05) is 50.2 Å². The van der Waals surface area contributed by atoms with Crippen molar-refractivity contribution in [1.82, 2.24) is 0 Å². The van der Waals surface area contributed by atoms with E-state index in [1.807, 2.05) is 80.8 Å². The molecule has 19 heavy (non-hydrogen) atoms. The van der Waals surface area contributed by atoms with Crippen molar-refractivity contribution >= 4 is 12.0 Å². The fourth-order valence-corrected chi connectivity index (χ4v) is 1.11. The maximum atomic E-state index is 5.58. The van der Waals surface area contributed by atoms with E-state index in [-0.39, 0.29) is 0 Å². The highest BCUT2D eigenvalue weighted by atomic mass is 32.2. The van der Waals surface area contributed by atoms with Gasteiger partial charge < -0.3 is 8.92 Å². The second-order valence-corrected chi connectivity index (χ2v) is 3.73. The molecule has 0 unspecified atom stereocenters. The van der Waals surface area contributed by atoms with Crippen LogP contribution in [0.25, 0.3) is 0 Å². The van der Waals surface area contributed by atoms with Gasteiger partial charge in [-0.05, 0) is 36.3 Å². The van der Waals surface area contributed by atoms with Crippen molar-refractivity contribution in [2.24, 2.45) is 0 Å². The van der Waals surface area contributed by atoms with E-state index in [0.717, 1.165) is 11.5 Å². The molecule has 2 aromatic rings. The van der Waals surface area contributed by atoms with Crippen LogP contribution < -0.4 is 4.74 Å². The first-order valence-electron chi connectivity index (χ1n) is 6.21. The second kappa shape index (κ2) is 13.0. The molecule has 0 radical (unpaired) electrons. The topological polar surface area (TPSA) is 18.5 Å². The Morgan fingerprint density at radius 3 is 1.32 bits per heavy atom. The van der Waals surface area contributed by atoms with Crippen LogP contribution in [0.4, 0.5) is 0 Å². The van der Waals surface area contributed by atoms with Crippen molar-refractivity contribution in [3.05, 3.63) is 60.7 Å². The summed E-state index contributed by atoms with van der Waals surface area (Å²) in [5.74, 6) is 1.74. The molecule has 0 aliphatic heterocycles. The summed E-state index contributed by atoms with van der Waals surface area (Å²) in [6.45, 7) is 4.00. The summed E-state index contributed by atoms with van der Waals surface area (Å²) < 4.78 is 10.0. The van der Waals surface area contributed by atoms with E-state index < -0.39 is 0 Å². The van der Waals surface area contributed by atoms with Gasteiger partial charge in [-0.15, -0.1) is 0 Å².